The van der Waals surface area contributed by atoms with E-state index in [0.29, 0.717) is 6.61 Å². The lowest BCUT2D eigenvalue weighted by molar-refractivity contribution is 0.304. The smallest absolute Gasteiger partial charge is 0.122 e. The van der Waals surface area contributed by atoms with Crippen LogP contribution in [0.25, 0.3) is 0 Å². The molecule has 2 rings (SSSR count). The number of aromatic nitrogens is 2. The highest BCUT2D eigenvalue weighted by atomic mass is 16.5. The predicted octanol–water partition coefficient (Wildman–Crippen LogP) is 2.33. The van der Waals surface area contributed by atoms with Crippen LogP contribution in [0.15, 0.2) is 30.6 Å². The standard InChI is InChI=1S/C14H19N3O/c1-10-6-13(11(2)15)4-5-14(10)18-9-12-7-16-17(3)8-12/h4-8,11H,9,15H2,1-3H3/t11-/m1/s1. The van der Waals surface area contributed by atoms with Crippen LogP contribution < -0.4 is 10.5 Å². The highest BCUT2D eigenvalue weighted by Gasteiger charge is 2.05. The second-order valence-electron chi connectivity index (χ2n) is 4.62. The molecule has 2 aromatic rings. The molecular formula is C14H19N3O. The third-order valence-corrected chi connectivity index (χ3v) is 2.88. The summed E-state index contributed by atoms with van der Waals surface area (Å²) < 4.78 is 7.55. The Balaban J connectivity index is 2.05. The molecule has 0 amide bonds. The van der Waals surface area contributed by atoms with Gasteiger partial charge in [-0.25, -0.2) is 0 Å². The average Bonchev–Trinajstić information content (AvgIpc) is 2.73. The van der Waals surface area contributed by atoms with Crippen molar-refractivity contribution < 1.29 is 4.74 Å². The molecule has 0 saturated heterocycles. The van der Waals surface area contributed by atoms with Crippen molar-refractivity contribution in [2.24, 2.45) is 12.8 Å². The molecule has 1 heterocycles. The zero-order chi connectivity index (χ0) is 13.1. The Bertz CT molecular complexity index is 532. The molecule has 18 heavy (non-hydrogen) atoms. The summed E-state index contributed by atoms with van der Waals surface area (Å²) in [7, 11) is 1.90. The number of hydrogen-bond donors (Lipinski definition) is 1. The largest absolute Gasteiger partial charge is 0.489 e. The Kier molecular flexibility index (Phi) is 3.67. The highest BCUT2D eigenvalue weighted by Crippen LogP contribution is 2.22. The second kappa shape index (κ2) is 5.23. The first-order valence-electron chi connectivity index (χ1n) is 6.02. The Morgan fingerprint density at radius 3 is 2.78 bits per heavy atom. The van der Waals surface area contributed by atoms with E-state index in [-0.39, 0.29) is 6.04 Å². The van der Waals surface area contributed by atoms with Gasteiger partial charge in [-0.05, 0) is 31.0 Å². The van der Waals surface area contributed by atoms with Crippen LogP contribution >= 0.6 is 0 Å². The van der Waals surface area contributed by atoms with E-state index in [4.69, 9.17) is 10.5 Å². The second-order valence-corrected chi connectivity index (χ2v) is 4.62. The van der Waals surface area contributed by atoms with E-state index in [9.17, 15) is 0 Å². The molecule has 2 N–H and O–H groups in total. The summed E-state index contributed by atoms with van der Waals surface area (Å²) in [5, 5.41) is 4.11. The fraction of sp³-hybridized carbons (Fsp3) is 0.357. The summed E-state index contributed by atoms with van der Waals surface area (Å²) in [5.41, 5.74) is 9.14. The summed E-state index contributed by atoms with van der Waals surface area (Å²) in [6, 6.07) is 6.11. The molecule has 0 unspecified atom stereocenters. The van der Waals surface area contributed by atoms with E-state index in [2.05, 4.69) is 11.2 Å². The molecule has 0 bridgehead atoms. The first-order valence-corrected chi connectivity index (χ1v) is 6.02. The van der Waals surface area contributed by atoms with Gasteiger partial charge in [-0.1, -0.05) is 12.1 Å². The maximum Gasteiger partial charge on any atom is 0.122 e. The van der Waals surface area contributed by atoms with Crippen molar-refractivity contribution in [3.63, 3.8) is 0 Å². The molecule has 0 fully saturated rings. The van der Waals surface area contributed by atoms with Gasteiger partial charge in [0.15, 0.2) is 0 Å². The van der Waals surface area contributed by atoms with Crippen LogP contribution in [0.1, 0.15) is 29.7 Å². The van der Waals surface area contributed by atoms with Gasteiger partial charge in [-0.2, -0.15) is 5.10 Å². The molecule has 0 aliphatic carbocycles. The molecular weight excluding hydrogens is 226 g/mol. The normalized spacial score (nSPS) is 12.4. The lowest BCUT2D eigenvalue weighted by atomic mass is 10.1. The van der Waals surface area contributed by atoms with Crippen LogP contribution in [0.4, 0.5) is 0 Å². The highest BCUT2D eigenvalue weighted by molar-refractivity contribution is 5.37. The lowest BCUT2D eigenvalue weighted by Gasteiger charge is -2.11. The SMILES string of the molecule is Cc1cc([C@@H](C)N)ccc1OCc1cnn(C)c1. The van der Waals surface area contributed by atoms with Gasteiger partial charge in [-0.15, -0.1) is 0 Å². The van der Waals surface area contributed by atoms with E-state index in [1.807, 2.05) is 45.4 Å². The van der Waals surface area contributed by atoms with E-state index < -0.39 is 0 Å². The number of rotatable bonds is 4. The maximum atomic E-state index is 5.85. The van der Waals surface area contributed by atoms with Crippen molar-refractivity contribution >= 4 is 0 Å². The fourth-order valence-corrected chi connectivity index (χ4v) is 1.83. The lowest BCUT2D eigenvalue weighted by Crippen LogP contribution is -2.05. The van der Waals surface area contributed by atoms with Gasteiger partial charge in [-0.3, -0.25) is 4.68 Å². The number of hydrogen-bond acceptors (Lipinski definition) is 3. The molecule has 0 saturated carbocycles. The van der Waals surface area contributed by atoms with Crippen molar-refractivity contribution in [3.8, 4) is 5.75 Å². The van der Waals surface area contributed by atoms with Crippen LogP contribution in [0.3, 0.4) is 0 Å². The van der Waals surface area contributed by atoms with Crippen molar-refractivity contribution in [3.05, 3.63) is 47.3 Å². The molecule has 4 nitrogen and oxygen atoms in total. The van der Waals surface area contributed by atoms with Crippen LogP contribution in [-0.4, -0.2) is 9.78 Å². The molecule has 0 spiro atoms. The zero-order valence-electron chi connectivity index (χ0n) is 11.1. The summed E-state index contributed by atoms with van der Waals surface area (Å²) in [6.07, 6.45) is 3.76. The molecule has 96 valence electrons. The number of ether oxygens (including phenoxy) is 1. The fourth-order valence-electron chi connectivity index (χ4n) is 1.83. The van der Waals surface area contributed by atoms with Gasteiger partial charge in [0, 0.05) is 24.8 Å². The average molecular weight is 245 g/mol. The summed E-state index contributed by atoms with van der Waals surface area (Å²) in [5.74, 6) is 0.892. The Morgan fingerprint density at radius 2 is 2.22 bits per heavy atom. The summed E-state index contributed by atoms with van der Waals surface area (Å²) in [6.45, 7) is 4.54. The molecule has 1 atom stereocenters. The minimum Gasteiger partial charge on any atom is -0.489 e. The monoisotopic (exact) mass is 245 g/mol. The van der Waals surface area contributed by atoms with Crippen molar-refractivity contribution in [1.82, 2.24) is 9.78 Å². The Hall–Kier alpha value is -1.81. The zero-order valence-corrected chi connectivity index (χ0v) is 11.1. The van der Waals surface area contributed by atoms with Crippen molar-refractivity contribution in [2.45, 2.75) is 26.5 Å². The van der Waals surface area contributed by atoms with Gasteiger partial charge in [0.1, 0.15) is 12.4 Å². The van der Waals surface area contributed by atoms with E-state index in [1.54, 1.807) is 4.68 Å². The van der Waals surface area contributed by atoms with Gasteiger partial charge in [0.05, 0.1) is 6.20 Å². The van der Waals surface area contributed by atoms with Crippen LogP contribution in [0.2, 0.25) is 0 Å². The minimum atomic E-state index is 0.0519. The summed E-state index contributed by atoms with van der Waals surface area (Å²) >= 11 is 0. The number of nitrogens with two attached hydrogens (primary N) is 1. The van der Waals surface area contributed by atoms with Crippen LogP contribution in [0, 0.1) is 6.92 Å². The van der Waals surface area contributed by atoms with Crippen molar-refractivity contribution in [2.75, 3.05) is 0 Å². The predicted molar refractivity (Wildman–Crippen MR) is 71.3 cm³/mol. The first kappa shape index (κ1) is 12.6. The molecule has 1 aromatic heterocycles. The maximum absolute atomic E-state index is 5.85. The molecule has 0 radical (unpaired) electrons. The number of benzene rings is 1. The number of aryl methyl sites for hydroxylation is 2. The van der Waals surface area contributed by atoms with Gasteiger partial charge >= 0.3 is 0 Å². The topological polar surface area (TPSA) is 53.1 Å². The molecule has 0 aliphatic heterocycles. The minimum absolute atomic E-state index is 0.0519. The Morgan fingerprint density at radius 1 is 1.44 bits per heavy atom. The number of nitrogens with zero attached hydrogens (tertiary/aromatic N) is 2. The van der Waals surface area contributed by atoms with Gasteiger partial charge in [0.2, 0.25) is 0 Å². The van der Waals surface area contributed by atoms with Crippen LogP contribution in [0.5, 0.6) is 5.75 Å². The van der Waals surface area contributed by atoms with E-state index >= 15 is 0 Å². The molecule has 4 heteroatoms. The molecule has 1 aromatic carbocycles. The van der Waals surface area contributed by atoms with Crippen LogP contribution in [-0.2, 0) is 13.7 Å². The van der Waals surface area contributed by atoms with Gasteiger partial charge in [0.25, 0.3) is 0 Å². The van der Waals surface area contributed by atoms with E-state index in [0.717, 1.165) is 22.4 Å². The van der Waals surface area contributed by atoms with E-state index in [1.165, 1.54) is 0 Å². The summed E-state index contributed by atoms with van der Waals surface area (Å²) in [4.78, 5) is 0. The van der Waals surface area contributed by atoms with Crippen molar-refractivity contribution in [1.29, 1.82) is 0 Å². The Labute approximate surface area is 107 Å². The third kappa shape index (κ3) is 2.90. The molecule has 0 aliphatic rings. The van der Waals surface area contributed by atoms with Gasteiger partial charge < -0.3 is 10.5 Å². The third-order valence-electron chi connectivity index (χ3n) is 2.88. The quantitative estimate of drug-likeness (QED) is 0.899. The first-order chi connectivity index (χ1) is 8.56.